The largest absolute Gasteiger partial charge is 0.481 e. The number of carbonyl (C=O) groups is 2. The van der Waals surface area contributed by atoms with Gasteiger partial charge in [-0.1, -0.05) is 19.8 Å². The molecule has 0 aromatic carbocycles. The van der Waals surface area contributed by atoms with E-state index in [1.54, 1.807) is 6.92 Å². The minimum atomic E-state index is -0.816. The second-order valence-electron chi connectivity index (χ2n) is 4.74. The van der Waals surface area contributed by atoms with Crippen molar-refractivity contribution in [3.8, 4) is 0 Å². The predicted octanol–water partition coefficient (Wildman–Crippen LogP) is 0.746. The first-order valence-electron chi connectivity index (χ1n) is 6.32. The first-order valence-corrected chi connectivity index (χ1v) is 6.32. The number of nitrogens with one attached hydrogen (secondary N) is 2. The Kier molecular flexibility index (Phi) is 5.97. The summed E-state index contributed by atoms with van der Waals surface area (Å²) < 4.78 is 0. The molecule has 5 nitrogen and oxygen atoms in total. The first kappa shape index (κ1) is 14.0. The van der Waals surface area contributed by atoms with Crippen molar-refractivity contribution in [1.29, 1.82) is 0 Å². The van der Waals surface area contributed by atoms with Crippen molar-refractivity contribution in [2.24, 2.45) is 5.92 Å². The predicted molar refractivity (Wildman–Crippen MR) is 64.7 cm³/mol. The van der Waals surface area contributed by atoms with Gasteiger partial charge in [0.25, 0.3) is 0 Å². The summed E-state index contributed by atoms with van der Waals surface area (Å²) in [6, 6.07) is 0.485. The summed E-state index contributed by atoms with van der Waals surface area (Å²) in [7, 11) is 0. The van der Waals surface area contributed by atoms with E-state index in [-0.39, 0.29) is 5.91 Å². The number of rotatable bonds is 7. The van der Waals surface area contributed by atoms with Crippen LogP contribution in [0, 0.1) is 5.92 Å². The van der Waals surface area contributed by atoms with Crippen LogP contribution in [-0.2, 0) is 9.59 Å². The highest BCUT2D eigenvalue weighted by atomic mass is 16.4. The van der Waals surface area contributed by atoms with Crippen LogP contribution < -0.4 is 10.6 Å². The van der Waals surface area contributed by atoms with Gasteiger partial charge in [0.15, 0.2) is 0 Å². The fourth-order valence-electron chi connectivity index (χ4n) is 1.98. The molecule has 0 spiro atoms. The minimum Gasteiger partial charge on any atom is -0.481 e. The summed E-state index contributed by atoms with van der Waals surface area (Å²) in [4.78, 5) is 22.0. The number of carbonyl (C=O) groups excluding carboxylic acids is 1. The van der Waals surface area contributed by atoms with Crippen LogP contribution in [0.3, 0.4) is 0 Å². The van der Waals surface area contributed by atoms with Gasteiger partial charge in [-0.15, -0.1) is 0 Å². The molecule has 0 aromatic heterocycles. The van der Waals surface area contributed by atoms with E-state index in [4.69, 9.17) is 5.11 Å². The van der Waals surface area contributed by atoms with Gasteiger partial charge in [-0.2, -0.15) is 0 Å². The summed E-state index contributed by atoms with van der Waals surface area (Å²) >= 11 is 0. The third-order valence-electron chi connectivity index (χ3n) is 3.23. The maximum Gasteiger partial charge on any atom is 0.306 e. The summed E-state index contributed by atoms with van der Waals surface area (Å²) in [6.07, 6.45) is 5.28. The van der Waals surface area contributed by atoms with Crippen LogP contribution in [0.15, 0.2) is 0 Å². The van der Waals surface area contributed by atoms with Gasteiger partial charge in [-0.05, 0) is 19.3 Å². The lowest BCUT2D eigenvalue weighted by Crippen LogP contribution is -2.38. The molecule has 1 saturated carbocycles. The maximum atomic E-state index is 11.4. The third kappa shape index (κ3) is 5.68. The zero-order chi connectivity index (χ0) is 12.7. The Morgan fingerprint density at radius 1 is 1.35 bits per heavy atom. The number of amides is 1. The topological polar surface area (TPSA) is 78.4 Å². The van der Waals surface area contributed by atoms with Crippen molar-refractivity contribution in [2.75, 3.05) is 13.1 Å². The Hall–Kier alpha value is -1.10. The van der Waals surface area contributed by atoms with E-state index < -0.39 is 11.9 Å². The van der Waals surface area contributed by atoms with Gasteiger partial charge in [0.2, 0.25) is 5.91 Å². The third-order valence-corrected chi connectivity index (χ3v) is 3.23. The van der Waals surface area contributed by atoms with Gasteiger partial charge >= 0.3 is 5.97 Å². The number of aliphatic carboxylic acids is 1. The molecule has 0 bridgehead atoms. The van der Waals surface area contributed by atoms with E-state index in [1.165, 1.54) is 12.8 Å². The quantitative estimate of drug-likeness (QED) is 0.615. The Bertz CT molecular complexity index is 262. The zero-order valence-corrected chi connectivity index (χ0v) is 10.4. The van der Waals surface area contributed by atoms with Crippen molar-refractivity contribution in [2.45, 2.75) is 45.1 Å². The highest BCUT2D eigenvalue weighted by molar-refractivity contribution is 5.78. The van der Waals surface area contributed by atoms with Crippen molar-refractivity contribution in [1.82, 2.24) is 10.6 Å². The van der Waals surface area contributed by atoms with E-state index >= 15 is 0 Å². The summed E-state index contributed by atoms with van der Waals surface area (Å²) in [5.74, 6) is -1.27. The molecule has 1 fully saturated rings. The molecule has 0 aromatic rings. The Labute approximate surface area is 102 Å². The average Bonchev–Trinajstić information content (AvgIpc) is 2.78. The number of hydrogen-bond donors (Lipinski definition) is 3. The molecular formula is C12H22N2O3. The molecule has 0 heterocycles. The van der Waals surface area contributed by atoms with Crippen LogP contribution in [0.1, 0.15) is 39.0 Å². The molecule has 5 heteroatoms. The lowest BCUT2D eigenvalue weighted by Gasteiger charge is -2.12. The Morgan fingerprint density at radius 2 is 2.00 bits per heavy atom. The fraction of sp³-hybridized carbons (Fsp3) is 0.833. The normalized spacial score (nSPS) is 17.9. The standard InChI is InChI=1S/C12H22N2O3/c1-9(12(16)17)6-7-13-11(15)8-14-10-4-2-3-5-10/h9-10,14H,2-8H2,1H3,(H,13,15)(H,16,17). The van der Waals surface area contributed by atoms with Gasteiger partial charge in [0.1, 0.15) is 0 Å². The van der Waals surface area contributed by atoms with Gasteiger partial charge in [-0.25, -0.2) is 0 Å². The number of carboxylic acid groups (broad SMARTS) is 1. The van der Waals surface area contributed by atoms with E-state index in [0.29, 0.717) is 25.6 Å². The highest BCUT2D eigenvalue weighted by Gasteiger charge is 2.15. The summed E-state index contributed by atoms with van der Waals surface area (Å²) in [5, 5.41) is 14.6. The van der Waals surface area contributed by atoms with Crippen LogP contribution in [0.2, 0.25) is 0 Å². The van der Waals surface area contributed by atoms with Crippen LogP contribution in [0.25, 0.3) is 0 Å². The van der Waals surface area contributed by atoms with E-state index in [0.717, 1.165) is 12.8 Å². The van der Waals surface area contributed by atoms with E-state index in [9.17, 15) is 9.59 Å². The average molecular weight is 242 g/mol. The molecule has 1 aliphatic carbocycles. The molecule has 1 atom stereocenters. The lowest BCUT2D eigenvalue weighted by molar-refractivity contribution is -0.141. The van der Waals surface area contributed by atoms with Gasteiger partial charge in [0, 0.05) is 12.6 Å². The molecule has 1 rings (SSSR count). The van der Waals surface area contributed by atoms with E-state index in [1.807, 2.05) is 0 Å². The molecule has 0 saturated heterocycles. The SMILES string of the molecule is CC(CCNC(=O)CNC1CCCC1)C(=O)O. The van der Waals surface area contributed by atoms with Crippen molar-refractivity contribution in [3.05, 3.63) is 0 Å². The Morgan fingerprint density at radius 3 is 2.59 bits per heavy atom. The van der Waals surface area contributed by atoms with Gasteiger partial charge < -0.3 is 15.7 Å². The van der Waals surface area contributed by atoms with Crippen molar-refractivity contribution >= 4 is 11.9 Å². The van der Waals surface area contributed by atoms with Crippen LogP contribution in [0.4, 0.5) is 0 Å². The number of hydrogen-bond acceptors (Lipinski definition) is 3. The summed E-state index contributed by atoms with van der Waals surface area (Å²) in [6.45, 7) is 2.41. The van der Waals surface area contributed by atoms with Gasteiger partial charge in [-0.3, -0.25) is 9.59 Å². The molecule has 98 valence electrons. The molecule has 3 N–H and O–H groups in total. The molecule has 0 radical (unpaired) electrons. The second kappa shape index (κ2) is 7.27. The maximum absolute atomic E-state index is 11.4. The molecule has 17 heavy (non-hydrogen) atoms. The molecule has 0 aliphatic heterocycles. The second-order valence-corrected chi connectivity index (χ2v) is 4.74. The van der Waals surface area contributed by atoms with Crippen LogP contribution in [-0.4, -0.2) is 36.1 Å². The van der Waals surface area contributed by atoms with Crippen LogP contribution >= 0.6 is 0 Å². The number of carboxylic acids is 1. The Balaban J connectivity index is 2.02. The first-order chi connectivity index (χ1) is 8.09. The van der Waals surface area contributed by atoms with Gasteiger partial charge in [0.05, 0.1) is 12.5 Å². The van der Waals surface area contributed by atoms with Crippen molar-refractivity contribution in [3.63, 3.8) is 0 Å². The molecule has 1 amide bonds. The smallest absolute Gasteiger partial charge is 0.306 e. The van der Waals surface area contributed by atoms with Crippen molar-refractivity contribution < 1.29 is 14.7 Å². The zero-order valence-electron chi connectivity index (χ0n) is 10.4. The minimum absolute atomic E-state index is 0.0468. The molecular weight excluding hydrogens is 220 g/mol. The highest BCUT2D eigenvalue weighted by Crippen LogP contribution is 2.17. The molecule has 1 unspecified atom stereocenters. The molecule has 1 aliphatic rings. The van der Waals surface area contributed by atoms with Crippen LogP contribution in [0.5, 0.6) is 0 Å². The summed E-state index contributed by atoms with van der Waals surface area (Å²) in [5.41, 5.74) is 0. The fourth-order valence-corrected chi connectivity index (χ4v) is 1.98. The lowest BCUT2D eigenvalue weighted by atomic mass is 10.1. The monoisotopic (exact) mass is 242 g/mol. The van der Waals surface area contributed by atoms with E-state index in [2.05, 4.69) is 10.6 Å².